The van der Waals surface area contributed by atoms with Gasteiger partial charge in [-0.2, -0.15) is 0 Å². The summed E-state index contributed by atoms with van der Waals surface area (Å²) in [6, 6.07) is 6.35. The molecule has 2 rings (SSSR count). The quantitative estimate of drug-likeness (QED) is 0.864. The minimum atomic E-state index is -3.34. The molecule has 1 heterocycles. The highest BCUT2D eigenvalue weighted by Gasteiger charge is 2.18. The average Bonchev–Trinajstić information content (AvgIpc) is 2.80. The lowest BCUT2D eigenvalue weighted by molar-refractivity contribution is 0.210. The van der Waals surface area contributed by atoms with Crippen molar-refractivity contribution < 1.29 is 22.5 Å². The molecule has 0 fully saturated rings. The zero-order chi connectivity index (χ0) is 16.3. The lowest BCUT2D eigenvalue weighted by Crippen LogP contribution is -2.16. The van der Waals surface area contributed by atoms with E-state index >= 15 is 0 Å². The lowest BCUT2D eigenvalue weighted by atomic mass is 10.1. The van der Waals surface area contributed by atoms with E-state index < -0.39 is 16.1 Å². The van der Waals surface area contributed by atoms with Gasteiger partial charge in [0.25, 0.3) is 0 Å². The molecule has 2 aromatic rings. The van der Waals surface area contributed by atoms with Crippen LogP contribution in [0.3, 0.4) is 0 Å². The number of primary amides is 1. The number of aryl methyl sites for hydroxylation is 1. The van der Waals surface area contributed by atoms with Crippen molar-refractivity contribution in [2.24, 2.45) is 5.73 Å². The van der Waals surface area contributed by atoms with E-state index in [-0.39, 0.29) is 17.3 Å². The third-order valence-electron chi connectivity index (χ3n) is 2.81. The van der Waals surface area contributed by atoms with Crippen LogP contribution in [-0.4, -0.2) is 25.4 Å². The summed E-state index contributed by atoms with van der Waals surface area (Å²) in [6.45, 7) is 3.15. The summed E-state index contributed by atoms with van der Waals surface area (Å²) in [4.78, 5) is 10.9. The van der Waals surface area contributed by atoms with E-state index in [1.54, 1.807) is 38.1 Å². The molecule has 3 N–H and O–H groups in total. The number of rotatable bonds is 5. The van der Waals surface area contributed by atoms with E-state index in [2.05, 4.69) is 9.88 Å². The molecule has 0 bridgehead atoms. The van der Waals surface area contributed by atoms with Crippen molar-refractivity contribution in [1.29, 1.82) is 0 Å². The third-order valence-corrected chi connectivity index (χ3v) is 4.12. The molecule has 0 spiro atoms. The van der Waals surface area contributed by atoms with Gasteiger partial charge in [0.15, 0.2) is 0 Å². The first-order valence-electron chi connectivity index (χ1n) is 6.37. The average molecular weight is 325 g/mol. The molecule has 1 aromatic carbocycles. The fraction of sp³-hybridized carbons (Fsp3) is 0.231. The van der Waals surface area contributed by atoms with E-state index in [1.807, 2.05) is 0 Å². The molecule has 0 aliphatic rings. The van der Waals surface area contributed by atoms with Crippen LogP contribution in [0.15, 0.2) is 28.8 Å². The summed E-state index contributed by atoms with van der Waals surface area (Å²) in [5, 5.41) is 3.72. The SMILES string of the molecule is CCS(=O)(=O)Nc1ccc(-c2onc(C)c2OC(N)=O)cc1. The second-order valence-corrected chi connectivity index (χ2v) is 6.44. The molecule has 22 heavy (non-hydrogen) atoms. The topological polar surface area (TPSA) is 125 Å². The number of sulfonamides is 1. The van der Waals surface area contributed by atoms with E-state index in [9.17, 15) is 13.2 Å². The van der Waals surface area contributed by atoms with Gasteiger partial charge in [0.1, 0.15) is 5.69 Å². The van der Waals surface area contributed by atoms with Crippen LogP contribution in [0.4, 0.5) is 10.5 Å². The minimum absolute atomic E-state index is 0.0212. The first kappa shape index (κ1) is 15.8. The van der Waals surface area contributed by atoms with Crippen LogP contribution >= 0.6 is 0 Å². The summed E-state index contributed by atoms with van der Waals surface area (Å²) in [5.41, 5.74) is 6.36. The highest BCUT2D eigenvalue weighted by molar-refractivity contribution is 7.92. The second-order valence-electron chi connectivity index (χ2n) is 4.43. The molecule has 0 radical (unpaired) electrons. The molecule has 0 aliphatic carbocycles. The summed E-state index contributed by atoms with van der Waals surface area (Å²) < 4.78 is 35.4. The Morgan fingerprint density at radius 1 is 1.36 bits per heavy atom. The highest BCUT2D eigenvalue weighted by atomic mass is 32.2. The Morgan fingerprint density at radius 3 is 2.55 bits per heavy atom. The van der Waals surface area contributed by atoms with Crippen molar-refractivity contribution in [2.45, 2.75) is 13.8 Å². The fourth-order valence-corrected chi connectivity index (χ4v) is 2.35. The molecule has 0 unspecified atom stereocenters. The number of carbonyl (C=O) groups is 1. The first-order chi connectivity index (χ1) is 10.3. The number of nitrogens with two attached hydrogens (primary N) is 1. The summed E-state index contributed by atoms with van der Waals surface area (Å²) >= 11 is 0. The van der Waals surface area contributed by atoms with Crippen LogP contribution < -0.4 is 15.2 Å². The van der Waals surface area contributed by atoms with Crippen LogP contribution in [-0.2, 0) is 10.0 Å². The molecular formula is C13H15N3O5S. The number of nitrogens with zero attached hydrogens (tertiary/aromatic N) is 1. The van der Waals surface area contributed by atoms with Crippen molar-refractivity contribution in [2.75, 3.05) is 10.5 Å². The number of nitrogens with one attached hydrogen (secondary N) is 1. The molecule has 0 saturated carbocycles. The molecule has 9 heteroatoms. The number of hydrogen-bond acceptors (Lipinski definition) is 6. The minimum Gasteiger partial charge on any atom is -0.404 e. The maximum absolute atomic E-state index is 11.5. The van der Waals surface area contributed by atoms with Gasteiger partial charge < -0.3 is 15.0 Å². The number of benzene rings is 1. The highest BCUT2D eigenvalue weighted by Crippen LogP contribution is 2.33. The summed E-state index contributed by atoms with van der Waals surface area (Å²) in [6.07, 6.45) is -0.972. The maximum Gasteiger partial charge on any atom is 0.410 e. The molecule has 1 amide bonds. The zero-order valence-corrected chi connectivity index (χ0v) is 12.8. The van der Waals surface area contributed by atoms with Gasteiger partial charge in [-0.1, -0.05) is 5.16 Å². The molecule has 0 saturated heterocycles. The number of aromatic nitrogens is 1. The Labute approximate surface area is 127 Å². The Morgan fingerprint density at radius 2 is 2.00 bits per heavy atom. The van der Waals surface area contributed by atoms with Gasteiger partial charge in [-0.15, -0.1) is 0 Å². The maximum atomic E-state index is 11.5. The van der Waals surface area contributed by atoms with Gasteiger partial charge in [0, 0.05) is 11.3 Å². The molecular weight excluding hydrogens is 310 g/mol. The van der Waals surface area contributed by atoms with Crippen molar-refractivity contribution >= 4 is 21.8 Å². The number of carbonyl (C=O) groups excluding carboxylic acids is 1. The predicted octanol–water partition coefficient (Wildman–Crippen LogP) is 1.87. The Bertz CT molecular complexity index is 781. The Kier molecular flexibility index (Phi) is 4.36. The van der Waals surface area contributed by atoms with Gasteiger partial charge in [-0.25, -0.2) is 13.2 Å². The largest absolute Gasteiger partial charge is 0.410 e. The number of amides is 1. The van der Waals surface area contributed by atoms with Gasteiger partial charge >= 0.3 is 6.09 Å². The zero-order valence-electron chi connectivity index (χ0n) is 12.0. The fourth-order valence-electron chi connectivity index (χ4n) is 1.71. The van der Waals surface area contributed by atoms with Gasteiger partial charge in [-0.3, -0.25) is 4.72 Å². The van der Waals surface area contributed by atoms with Crippen LogP contribution in [0.5, 0.6) is 5.75 Å². The predicted molar refractivity (Wildman–Crippen MR) is 80.0 cm³/mol. The number of hydrogen-bond donors (Lipinski definition) is 2. The van der Waals surface area contributed by atoms with Crippen molar-refractivity contribution in [3.63, 3.8) is 0 Å². The van der Waals surface area contributed by atoms with E-state index in [0.717, 1.165) is 0 Å². The molecule has 1 aromatic heterocycles. The van der Waals surface area contributed by atoms with Gasteiger partial charge in [0.05, 0.1) is 5.75 Å². The normalized spacial score (nSPS) is 11.2. The molecule has 0 atom stereocenters. The van der Waals surface area contributed by atoms with Crippen LogP contribution in [0.2, 0.25) is 0 Å². The third kappa shape index (κ3) is 3.55. The van der Waals surface area contributed by atoms with E-state index in [1.165, 1.54) is 0 Å². The smallest absolute Gasteiger partial charge is 0.404 e. The van der Waals surface area contributed by atoms with Crippen molar-refractivity contribution in [3.8, 4) is 17.1 Å². The lowest BCUT2D eigenvalue weighted by Gasteiger charge is -2.06. The monoisotopic (exact) mass is 325 g/mol. The number of anilines is 1. The van der Waals surface area contributed by atoms with Crippen LogP contribution in [0.25, 0.3) is 11.3 Å². The van der Waals surface area contributed by atoms with Crippen LogP contribution in [0, 0.1) is 6.92 Å². The molecule has 8 nitrogen and oxygen atoms in total. The van der Waals surface area contributed by atoms with Crippen molar-refractivity contribution in [1.82, 2.24) is 5.16 Å². The Hall–Kier alpha value is -2.55. The molecule has 118 valence electrons. The molecule has 0 aliphatic heterocycles. The van der Waals surface area contributed by atoms with Gasteiger partial charge in [0.2, 0.25) is 21.5 Å². The van der Waals surface area contributed by atoms with Crippen LogP contribution in [0.1, 0.15) is 12.6 Å². The van der Waals surface area contributed by atoms with Gasteiger partial charge in [-0.05, 0) is 38.1 Å². The standard InChI is InChI=1S/C13H15N3O5S/c1-3-22(18,19)16-10-6-4-9(5-7-10)12-11(20-13(14)17)8(2)15-21-12/h4-7,16H,3H2,1-2H3,(H2,14,17). The van der Waals surface area contributed by atoms with E-state index in [4.69, 9.17) is 15.0 Å². The summed E-state index contributed by atoms with van der Waals surface area (Å²) in [7, 11) is -3.34. The Balaban J connectivity index is 2.30. The van der Waals surface area contributed by atoms with Crippen molar-refractivity contribution in [3.05, 3.63) is 30.0 Å². The second kappa shape index (κ2) is 6.06. The number of ether oxygens (including phenoxy) is 1. The summed E-state index contributed by atoms with van der Waals surface area (Å²) in [5.74, 6) is 0.350. The first-order valence-corrected chi connectivity index (χ1v) is 8.02. The van der Waals surface area contributed by atoms with E-state index in [0.29, 0.717) is 16.9 Å².